The van der Waals surface area contributed by atoms with Gasteiger partial charge in [0.05, 0.1) is 7.11 Å². The van der Waals surface area contributed by atoms with Crippen LogP contribution in [0.15, 0.2) is 71.1 Å². The maximum atomic E-state index is 5.90. The first kappa shape index (κ1) is 11.6. The van der Waals surface area contributed by atoms with Gasteiger partial charge in [0.15, 0.2) is 0 Å². The predicted molar refractivity (Wildman–Crippen MR) is 76.1 cm³/mol. The Morgan fingerprint density at radius 1 is 0.737 bits per heavy atom. The molecule has 2 heteroatoms. The third-order valence-electron chi connectivity index (χ3n) is 3.02. The molecule has 1 heterocycles. The fraction of sp³-hybridized carbons (Fsp3) is 0.0588. The third-order valence-corrected chi connectivity index (χ3v) is 3.02. The van der Waals surface area contributed by atoms with Gasteiger partial charge in [-0.25, -0.2) is 0 Å². The summed E-state index contributed by atoms with van der Waals surface area (Å²) in [6.07, 6.45) is 0. The molecule has 0 atom stereocenters. The molecule has 1 aromatic heterocycles. The van der Waals surface area contributed by atoms with Crippen LogP contribution < -0.4 is 4.74 Å². The normalized spacial score (nSPS) is 10.4. The SMILES string of the molecule is COc1cccc(-c2ccc(-c3ccccc3)o2)c1. The Morgan fingerprint density at radius 3 is 2.16 bits per heavy atom. The van der Waals surface area contributed by atoms with Gasteiger partial charge in [-0.2, -0.15) is 0 Å². The molecule has 0 N–H and O–H groups in total. The van der Waals surface area contributed by atoms with Crippen LogP contribution in [0, 0.1) is 0 Å². The van der Waals surface area contributed by atoms with E-state index in [0.29, 0.717) is 0 Å². The molecule has 0 unspecified atom stereocenters. The van der Waals surface area contributed by atoms with Crippen molar-refractivity contribution in [2.75, 3.05) is 7.11 Å². The van der Waals surface area contributed by atoms with Gasteiger partial charge in [0.1, 0.15) is 17.3 Å². The van der Waals surface area contributed by atoms with Crippen LogP contribution in [0.4, 0.5) is 0 Å². The molecule has 0 amide bonds. The summed E-state index contributed by atoms with van der Waals surface area (Å²) in [4.78, 5) is 0. The second-order valence-electron chi connectivity index (χ2n) is 4.26. The van der Waals surface area contributed by atoms with E-state index in [0.717, 1.165) is 28.4 Å². The summed E-state index contributed by atoms with van der Waals surface area (Å²) in [6.45, 7) is 0. The molecule has 0 fully saturated rings. The third kappa shape index (κ3) is 2.38. The summed E-state index contributed by atoms with van der Waals surface area (Å²) < 4.78 is 11.1. The van der Waals surface area contributed by atoms with Crippen molar-refractivity contribution in [1.82, 2.24) is 0 Å². The zero-order valence-electron chi connectivity index (χ0n) is 10.7. The minimum absolute atomic E-state index is 0.829. The van der Waals surface area contributed by atoms with E-state index in [1.54, 1.807) is 7.11 Å². The fourth-order valence-electron chi connectivity index (χ4n) is 2.03. The monoisotopic (exact) mass is 250 g/mol. The number of rotatable bonds is 3. The van der Waals surface area contributed by atoms with Crippen molar-refractivity contribution in [3.8, 4) is 28.4 Å². The van der Waals surface area contributed by atoms with Gasteiger partial charge in [-0.05, 0) is 24.3 Å². The molecule has 0 bridgehead atoms. The van der Waals surface area contributed by atoms with E-state index in [9.17, 15) is 0 Å². The summed E-state index contributed by atoms with van der Waals surface area (Å²) in [5.41, 5.74) is 2.10. The van der Waals surface area contributed by atoms with Gasteiger partial charge in [-0.15, -0.1) is 0 Å². The van der Waals surface area contributed by atoms with Crippen molar-refractivity contribution >= 4 is 0 Å². The topological polar surface area (TPSA) is 22.4 Å². The standard InChI is InChI=1S/C17H14O2/c1-18-15-9-5-8-14(12-15)17-11-10-16(19-17)13-6-3-2-4-7-13/h2-12H,1H3. The molecule has 3 aromatic rings. The van der Waals surface area contributed by atoms with Crippen molar-refractivity contribution in [3.05, 3.63) is 66.7 Å². The highest BCUT2D eigenvalue weighted by Gasteiger charge is 2.07. The van der Waals surface area contributed by atoms with Gasteiger partial charge in [0, 0.05) is 11.1 Å². The van der Waals surface area contributed by atoms with Crippen molar-refractivity contribution in [2.24, 2.45) is 0 Å². The van der Waals surface area contributed by atoms with Crippen molar-refractivity contribution < 1.29 is 9.15 Å². The lowest BCUT2D eigenvalue weighted by molar-refractivity contribution is 0.415. The maximum Gasteiger partial charge on any atom is 0.134 e. The minimum Gasteiger partial charge on any atom is -0.497 e. The van der Waals surface area contributed by atoms with Gasteiger partial charge >= 0.3 is 0 Å². The molecule has 2 aromatic carbocycles. The largest absolute Gasteiger partial charge is 0.497 e. The van der Waals surface area contributed by atoms with Gasteiger partial charge in [0.2, 0.25) is 0 Å². The molecule has 94 valence electrons. The Bertz CT molecular complexity index is 668. The van der Waals surface area contributed by atoms with E-state index in [-0.39, 0.29) is 0 Å². The van der Waals surface area contributed by atoms with Crippen LogP contribution in [0.3, 0.4) is 0 Å². The number of ether oxygens (including phenoxy) is 1. The van der Waals surface area contributed by atoms with E-state index in [4.69, 9.17) is 9.15 Å². The first-order chi connectivity index (χ1) is 9.36. The van der Waals surface area contributed by atoms with Crippen molar-refractivity contribution in [2.45, 2.75) is 0 Å². The first-order valence-electron chi connectivity index (χ1n) is 6.16. The number of furan rings is 1. The molecule has 0 saturated heterocycles. The second-order valence-corrected chi connectivity index (χ2v) is 4.26. The van der Waals surface area contributed by atoms with Crippen LogP contribution in [-0.4, -0.2) is 7.11 Å². The van der Waals surface area contributed by atoms with E-state index < -0.39 is 0 Å². The van der Waals surface area contributed by atoms with Crippen LogP contribution in [0.5, 0.6) is 5.75 Å². The number of benzene rings is 2. The average Bonchev–Trinajstić information content (AvgIpc) is 2.98. The van der Waals surface area contributed by atoms with E-state index >= 15 is 0 Å². The molecule has 0 spiro atoms. The highest BCUT2D eigenvalue weighted by molar-refractivity contribution is 5.65. The first-order valence-corrected chi connectivity index (χ1v) is 6.16. The number of hydrogen-bond donors (Lipinski definition) is 0. The Hall–Kier alpha value is -2.48. The molecule has 0 aliphatic heterocycles. The highest BCUT2D eigenvalue weighted by atomic mass is 16.5. The highest BCUT2D eigenvalue weighted by Crippen LogP contribution is 2.29. The second kappa shape index (κ2) is 5.02. The average molecular weight is 250 g/mol. The van der Waals surface area contributed by atoms with Crippen LogP contribution in [0.1, 0.15) is 0 Å². The van der Waals surface area contributed by atoms with E-state index in [2.05, 4.69) is 0 Å². The lowest BCUT2D eigenvalue weighted by Gasteiger charge is -2.02. The smallest absolute Gasteiger partial charge is 0.134 e. The molecule has 19 heavy (non-hydrogen) atoms. The van der Waals surface area contributed by atoms with Crippen LogP contribution in [-0.2, 0) is 0 Å². The van der Waals surface area contributed by atoms with Crippen molar-refractivity contribution in [3.63, 3.8) is 0 Å². The molecule has 0 aliphatic carbocycles. The molecule has 2 nitrogen and oxygen atoms in total. The summed E-state index contributed by atoms with van der Waals surface area (Å²) in [7, 11) is 1.66. The minimum atomic E-state index is 0.829. The van der Waals surface area contributed by atoms with Crippen molar-refractivity contribution in [1.29, 1.82) is 0 Å². The van der Waals surface area contributed by atoms with E-state index in [1.807, 2.05) is 66.7 Å². The van der Waals surface area contributed by atoms with Gasteiger partial charge < -0.3 is 9.15 Å². The quantitative estimate of drug-likeness (QED) is 0.676. The summed E-state index contributed by atoms with van der Waals surface area (Å²) in [5.74, 6) is 2.55. The summed E-state index contributed by atoms with van der Waals surface area (Å²) in [6, 6.07) is 21.9. The van der Waals surface area contributed by atoms with Gasteiger partial charge in [-0.3, -0.25) is 0 Å². The molecule has 0 saturated carbocycles. The number of methoxy groups -OCH3 is 1. The molecular weight excluding hydrogens is 236 g/mol. The van der Waals surface area contributed by atoms with Gasteiger partial charge in [-0.1, -0.05) is 42.5 Å². The Kier molecular flexibility index (Phi) is 3.07. The lowest BCUT2D eigenvalue weighted by atomic mass is 10.1. The molecule has 0 aliphatic rings. The lowest BCUT2D eigenvalue weighted by Crippen LogP contribution is -1.82. The fourth-order valence-corrected chi connectivity index (χ4v) is 2.03. The van der Waals surface area contributed by atoms with Crippen LogP contribution >= 0.6 is 0 Å². The van der Waals surface area contributed by atoms with Crippen LogP contribution in [0.2, 0.25) is 0 Å². The molecular formula is C17H14O2. The van der Waals surface area contributed by atoms with Gasteiger partial charge in [0.25, 0.3) is 0 Å². The van der Waals surface area contributed by atoms with Crippen LogP contribution in [0.25, 0.3) is 22.6 Å². The Labute approximate surface area is 112 Å². The zero-order valence-corrected chi connectivity index (χ0v) is 10.7. The predicted octanol–water partition coefficient (Wildman–Crippen LogP) is 4.62. The molecule has 0 radical (unpaired) electrons. The molecule has 3 rings (SSSR count). The Balaban J connectivity index is 1.97. The maximum absolute atomic E-state index is 5.90. The van der Waals surface area contributed by atoms with E-state index in [1.165, 1.54) is 0 Å². The summed E-state index contributed by atoms with van der Waals surface area (Å²) in [5, 5.41) is 0. The Morgan fingerprint density at radius 2 is 1.42 bits per heavy atom. The zero-order chi connectivity index (χ0) is 13.1. The number of hydrogen-bond acceptors (Lipinski definition) is 2. The summed E-state index contributed by atoms with van der Waals surface area (Å²) >= 11 is 0.